The Morgan fingerprint density at radius 3 is 2.37 bits per heavy atom. The lowest BCUT2D eigenvalue weighted by Gasteiger charge is -2.34. The van der Waals surface area contributed by atoms with Crippen molar-refractivity contribution < 1.29 is 9.18 Å². The molecule has 38 heavy (non-hydrogen) atoms. The van der Waals surface area contributed by atoms with Crippen molar-refractivity contribution >= 4 is 17.3 Å². The van der Waals surface area contributed by atoms with Crippen LogP contribution in [0.15, 0.2) is 61.1 Å². The van der Waals surface area contributed by atoms with Crippen molar-refractivity contribution in [1.82, 2.24) is 24.4 Å². The van der Waals surface area contributed by atoms with Crippen LogP contribution >= 0.6 is 0 Å². The smallest absolute Gasteiger partial charge is 0.275 e. The second-order valence-corrected chi connectivity index (χ2v) is 11.1. The van der Waals surface area contributed by atoms with Gasteiger partial charge in [0.2, 0.25) is 0 Å². The van der Waals surface area contributed by atoms with Crippen molar-refractivity contribution in [3.63, 3.8) is 0 Å². The summed E-state index contributed by atoms with van der Waals surface area (Å²) in [6.45, 7) is 11.2. The summed E-state index contributed by atoms with van der Waals surface area (Å²) in [6.07, 6.45) is 3.37. The first kappa shape index (κ1) is 25.7. The Morgan fingerprint density at radius 1 is 1.03 bits per heavy atom. The van der Waals surface area contributed by atoms with Gasteiger partial charge in [0.15, 0.2) is 5.82 Å². The molecular formula is C29H34FN7O. The topological polar surface area (TPSA) is 82.1 Å². The predicted molar refractivity (Wildman–Crippen MR) is 149 cm³/mol. The molecule has 0 spiro atoms. The van der Waals surface area contributed by atoms with Gasteiger partial charge < -0.3 is 24.7 Å². The number of halogens is 1. The summed E-state index contributed by atoms with van der Waals surface area (Å²) in [6, 6.07) is 14.1. The number of hydrogen-bond acceptors (Lipinski definition) is 5. The van der Waals surface area contributed by atoms with Gasteiger partial charge in [-0.3, -0.25) is 4.79 Å². The van der Waals surface area contributed by atoms with E-state index in [0.717, 1.165) is 43.1 Å². The van der Waals surface area contributed by atoms with Crippen LogP contribution < -0.4 is 10.2 Å². The fourth-order valence-corrected chi connectivity index (χ4v) is 4.66. The first-order chi connectivity index (χ1) is 18.2. The number of amides is 1. The van der Waals surface area contributed by atoms with Crippen LogP contribution in [0.2, 0.25) is 0 Å². The second kappa shape index (κ2) is 10.4. The van der Waals surface area contributed by atoms with Crippen LogP contribution in [-0.4, -0.2) is 63.6 Å². The molecule has 1 aliphatic heterocycles. The fraction of sp³-hybridized carbons (Fsp3) is 0.345. The molecule has 5 rings (SSSR count). The molecule has 8 nitrogen and oxygen atoms in total. The summed E-state index contributed by atoms with van der Waals surface area (Å²) in [4.78, 5) is 30.1. The SMILES string of the molecule is CN1CCN(c2ccc(NC(=O)c3c[nH]c(-c4c(-c5ccc(F)cc5)ncn4CC(C)(C)C)n3)cc2)CC1. The zero-order chi connectivity index (χ0) is 26.9. The Bertz CT molecular complexity index is 1390. The van der Waals surface area contributed by atoms with E-state index in [2.05, 4.69) is 57.9 Å². The van der Waals surface area contributed by atoms with E-state index >= 15 is 0 Å². The number of hydrogen-bond donors (Lipinski definition) is 2. The van der Waals surface area contributed by atoms with E-state index in [1.54, 1.807) is 24.7 Å². The normalized spacial score (nSPS) is 14.6. The Morgan fingerprint density at radius 2 is 1.71 bits per heavy atom. The van der Waals surface area contributed by atoms with Crippen LogP contribution in [0.4, 0.5) is 15.8 Å². The van der Waals surface area contributed by atoms with Gasteiger partial charge in [-0.2, -0.15) is 0 Å². The number of carbonyl (C=O) groups excluding carboxylic acids is 1. The largest absolute Gasteiger partial charge is 0.369 e. The fourth-order valence-electron chi connectivity index (χ4n) is 4.66. The highest BCUT2D eigenvalue weighted by molar-refractivity contribution is 6.03. The number of benzene rings is 2. The van der Waals surface area contributed by atoms with Crippen molar-refractivity contribution in [1.29, 1.82) is 0 Å². The number of rotatable bonds is 6. The van der Waals surface area contributed by atoms with Crippen LogP contribution in [0.5, 0.6) is 0 Å². The van der Waals surface area contributed by atoms with Crippen LogP contribution in [0.25, 0.3) is 22.8 Å². The van der Waals surface area contributed by atoms with Gasteiger partial charge >= 0.3 is 0 Å². The van der Waals surface area contributed by atoms with Crippen molar-refractivity contribution in [2.75, 3.05) is 43.4 Å². The molecule has 0 atom stereocenters. The van der Waals surface area contributed by atoms with Crippen molar-refractivity contribution in [2.45, 2.75) is 27.3 Å². The molecule has 0 saturated carbocycles. The molecule has 2 N–H and O–H groups in total. The van der Waals surface area contributed by atoms with Crippen LogP contribution in [0.3, 0.4) is 0 Å². The summed E-state index contributed by atoms with van der Waals surface area (Å²) in [5.41, 5.74) is 4.32. The van der Waals surface area contributed by atoms with Crippen molar-refractivity contribution in [3.8, 4) is 22.8 Å². The maximum Gasteiger partial charge on any atom is 0.275 e. The van der Waals surface area contributed by atoms with Gasteiger partial charge in [0.05, 0.1) is 12.0 Å². The monoisotopic (exact) mass is 515 g/mol. The summed E-state index contributed by atoms with van der Waals surface area (Å²) in [5.74, 6) is -0.0790. The maximum absolute atomic E-state index is 13.6. The molecule has 1 aliphatic rings. The summed E-state index contributed by atoms with van der Waals surface area (Å²) >= 11 is 0. The third-order valence-electron chi connectivity index (χ3n) is 6.63. The van der Waals surface area contributed by atoms with Crippen molar-refractivity contribution in [2.24, 2.45) is 5.41 Å². The average molecular weight is 516 g/mol. The Hall–Kier alpha value is -3.98. The van der Waals surface area contributed by atoms with E-state index in [9.17, 15) is 9.18 Å². The van der Waals surface area contributed by atoms with E-state index in [4.69, 9.17) is 0 Å². The molecule has 1 fully saturated rings. The van der Waals surface area contributed by atoms with E-state index < -0.39 is 0 Å². The minimum Gasteiger partial charge on any atom is -0.369 e. The van der Waals surface area contributed by atoms with Crippen molar-refractivity contribution in [3.05, 3.63) is 72.6 Å². The zero-order valence-corrected chi connectivity index (χ0v) is 22.3. The first-order valence-electron chi connectivity index (χ1n) is 12.9. The molecule has 0 bridgehead atoms. The van der Waals surface area contributed by atoms with Gasteiger partial charge in [0, 0.05) is 55.9 Å². The lowest BCUT2D eigenvalue weighted by molar-refractivity contribution is 0.102. The highest BCUT2D eigenvalue weighted by Crippen LogP contribution is 2.32. The van der Waals surface area contributed by atoms with Crippen LogP contribution in [0.1, 0.15) is 31.3 Å². The van der Waals surface area contributed by atoms with Gasteiger partial charge in [-0.25, -0.2) is 14.4 Å². The number of piperazine rings is 1. The quantitative estimate of drug-likeness (QED) is 0.372. The number of nitrogens with zero attached hydrogens (tertiary/aromatic N) is 5. The molecule has 4 aromatic rings. The molecule has 9 heteroatoms. The summed E-state index contributed by atoms with van der Waals surface area (Å²) in [5, 5.41) is 2.95. The standard InChI is InChI=1S/C29H34FN7O/c1-29(2,3)18-37-19-32-25(20-5-7-21(30)8-6-20)26(37)27-31-17-24(34-27)28(38)33-22-9-11-23(12-10-22)36-15-13-35(4)14-16-36/h5-12,17,19H,13-16,18H2,1-4H3,(H,31,34)(H,33,38). The summed E-state index contributed by atoms with van der Waals surface area (Å²) < 4.78 is 15.6. The van der Waals surface area contributed by atoms with E-state index in [0.29, 0.717) is 23.8 Å². The van der Waals surface area contributed by atoms with Gasteiger partial charge in [-0.1, -0.05) is 20.8 Å². The van der Waals surface area contributed by atoms with Gasteiger partial charge in [-0.05, 0) is 61.0 Å². The Balaban J connectivity index is 1.36. The molecule has 1 saturated heterocycles. The highest BCUT2D eigenvalue weighted by atomic mass is 19.1. The minimum atomic E-state index is -0.307. The van der Waals surface area contributed by atoms with E-state index in [-0.39, 0.29) is 22.8 Å². The molecule has 0 aliphatic carbocycles. The lowest BCUT2D eigenvalue weighted by atomic mass is 9.96. The minimum absolute atomic E-state index is 0.0153. The molecule has 0 unspecified atom stereocenters. The number of anilines is 2. The highest BCUT2D eigenvalue weighted by Gasteiger charge is 2.23. The number of imidazole rings is 2. The Kier molecular flexibility index (Phi) is 7.03. The van der Waals surface area contributed by atoms with Gasteiger partial charge in [-0.15, -0.1) is 0 Å². The second-order valence-electron chi connectivity index (χ2n) is 11.1. The maximum atomic E-state index is 13.6. The Labute approximate surface area is 222 Å². The molecule has 2 aromatic carbocycles. The number of H-pyrrole nitrogens is 1. The third-order valence-corrected chi connectivity index (χ3v) is 6.63. The van der Waals surface area contributed by atoms with Crippen LogP contribution in [0, 0.1) is 11.2 Å². The third kappa shape index (κ3) is 5.78. The molecular weight excluding hydrogens is 481 g/mol. The average Bonchev–Trinajstić information content (AvgIpc) is 3.52. The molecule has 3 heterocycles. The molecule has 1 amide bonds. The van der Waals surface area contributed by atoms with E-state index in [1.165, 1.54) is 12.1 Å². The van der Waals surface area contributed by atoms with Crippen LogP contribution in [-0.2, 0) is 6.54 Å². The number of carbonyl (C=O) groups is 1. The summed E-state index contributed by atoms with van der Waals surface area (Å²) in [7, 11) is 2.14. The first-order valence-corrected chi connectivity index (χ1v) is 12.9. The molecule has 2 aromatic heterocycles. The molecule has 198 valence electrons. The van der Waals surface area contributed by atoms with Gasteiger partial charge in [0.1, 0.15) is 17.2 Å². The zero-order valence-electron chi connectivity index (χ0n) is 22.3. The number of aromatic nitrogens is 4. The molecule has 0 radical (unpaired) electrons. The van der Waals surface area contributed by atoms with E-state index in [1.807, 2.05) is 28.8 Å². The lowest BCUT2D eigenvalue weighted by Crippen LogP contribution is -2.44. The van der Waals surface area contributed by atoms with Gasteiger partial charge in [0.25, 0.3) is 5.91 Å². The predicted octanol–water partition coefficient (Wildman–Crippen LogP) is 5.13. The number of likely N-dealkylation sites (N-methyl/N-ethyl adjacent to an activating group) is 1. The number of nitrogens with one attached hydrogen (secondary N) is 2. The number of aromatic amines is 1.